The Bertz CT molecular complexity index is 730. The van der Waals surface area contributed by atoms with Crippen LogP contribution in [0.4, 0.5) is 5.69 Å². The Balaban J connectivity index is 1.69. The SMILES string of the molecule is O=C1C(Cc2ccccc2)N2C(=O)CCC2N1c1ccccc1. The van der Waals surface area contributed by atoms with Gasteiger partial charge in [0.1, 0.15) is 12.2 Å². The molecule has 2 unspecified atom stereocenters. The number of para-hydroxylation sites is 1. The average Bonchev–Trinajstić information content (AvgIpc) is 3.08. The van der Waals surface area contributed by atoms with Crippen molar-refractivity contribution in [3.8, 4) is 0 Å². The lowest BCUT2D eigenvalue weighted by molar-refractivity contribution is -0.133. The first-order chi connectivity index (χ1) is 11.3. The fourth-order valence-electron chi connectivity index (χ4n) is 3.66. The van der Waals surface area contributed by atoms with Crippen molar-refractivity contribution in [2.24, 2.45) is 0 Å². The van der Waals surface area contributed by atoms with Gasteiger partial charge in [0.15, 0.2) is 0 Å². The fraction of sp³-hybridized carbons (Fsp3) is 0.263. The highest BCUT2D eigenvalue weighted by Crippen LogP contribution is 2.36. The normalized spacial score (nSPS) is 23.5. The van der Waals surface area contributed by atoms with Gasteiger partial charge in [-0.25, -0.2) is 0 Å². The molecule has 23 heavy (non-hydrogen) atoms. The second-order valence-electron chi connectivity index (χ2n) is 6.07. The molecule has 2 aromatic rings. The lowest BCUT2D eigenvalue weighted by Gasteiger charge is -2.24. The molecule has 0 saturated carbocycles. The first-order valence-electron chi connectivity index (χ1n) is 7.99. The van der Waals surface area contributed by atoms with E-state index in [1.807, 2.05) is 60.7 Å². The van der Waals surface area contributed by atoms with E-state index in [0.717, 1.165) is 11.3 Å². The highest BCUT2D eigenvalue weighted by molar-refractivity contribution is 6.04. The molecule has 2 aliphatic rings. The molecule has 4 nitrogen and oxygen atoms in total. The van der Waals surface area contributed by atoms with Crippen molar-refractivity contribution >= 4 is 17.5 Å². The van der Waals surface area contributed by atoms with Crippen LogP contribution in [0, 0.1) is 0 Å². The molecule has 0 spiro atoms. The second-order valence-corrected chi connectivity index (χ2v) is 6.07. The van der Waals surface area contributed by atoms with E-state index in [-0.39, 0.29) is 18.0 Å². The maximum absolute atomic E-state index is 13.0. The summed E-state index contributed by atoms with van der Waals surface area (Å²) in [4.78, 5) is 28.9. The molecule has 4 rings (SSSR count). The standard InChI is InChI=1S/C19H18N2O2/c22-18-12-11-17-20(15-9-5-2-6-10-15)19(23)16(21(17)18)13-14-7-3-1-4-8-14/h1-10,16-17H,11-13H2. The minimum Gasteiger partial charge on any atom is -0.309 e. The van der Waals surface area contributed by atoms with E-state index in [9.17, 15) is 9.59 Å². The first kappa shape index (κ1) is 14.0. The highest BCUT2D eigenvalue weighted by atomic mass is 16.2. The number of hydrogen-bond acceptors (Lipinski definition) is 2. The summed E-state index contributed by atoms with van der Waals surface area (Å²) in [6.45, 7) is 0. The molecular formula is C19H18N2O2. The van der Waals surface area contributed by atoms with E-state index < -0.39 is 6.04 Å². The van der Waals surface area contributed by atoms with Crippen LogP contribution in [0.15, 0.2) is 60.7 Å². The third-order valence-electron chi connectivity index (χ3n) is 4.69. The summed E-state index contributed by atoms with van der Waals surface area (Å²) in [5.41, 5.74) is 1.96. The highest BCUT2D eigenvalue weighted by Gasteiger charge is 2.51. The Kier molecular flexibility index (Phi) is 3.37. The van der Waals surface area contributed by atoms with Gasteiger partial charge < -0.3 is 4.90 Å². The zero-order valence-corrected chi connectivity index (χ0v) is 12.8. The van der Waals surface area contributed by atoms with Crippen LogP contribution in [0.5, 0.6) is 0 Å². The molecule has 0 bridgehead atoms. The number of carbonyl (C=O) groups excluding carboxylic acids is 2. The Morgan fingerprint density at radius 3 is 2.26 bits per heavy atom. The minimum absolute atomic E-state index is 0.0260. The van der Waals surface area contributed by atoms with Gasteiger partial charge >= 0.3 is 0 Å². The number of fused-ring (bicyclic) bond motifs is 1. The van der Waals surface area contributed by atoms with E-state index >= 15 is 0 Å². The van der Waals surface area contributed by atoms with Crippen molar-refractivity contribution in [3.05, 3.63) is 66.2 Å². The molecule has 2 heterocycles. The predicted molar refractivity (Wildman–Crippen MR) is 87.7 cm³/mol. The number of hydrogen-bond donors (Lipinski definition) is 0. The molecule has 2 aromatic carbocycles. The molecule has 2 amide bonds. The van der Waals surface area contributed by atoms with Crippen molar-refractivity contribution in [2.45, 2.75) is 31.5 Å². The van der Waals surface area contributed by atoms with Gasteiger partial charge in [0.05, 0.1) is 0 Å². The monoisotopic (exact) mass is 306 g/mol. The predicted octanol–water partition coefficient (Wildman–Crippen LogP) is 2.59. The van der Waals surface area contributed by atoms with Gasteiger partial charge in [0.25, 0.3) is 5.91 Å². The molecule has 0 N–H and O–H groups in total. The van der Waals surface area contributed by atoms with E-state index in [0.29, 0.717) is 19.3 Å². The van der Waals surface area contributed by atoms with Crippen molar-refractivity contribution in [2.75, 3.05) is 4.90 Å². The maximum Gasteiger partial charge on any atom is 0.251 e. The lowest BCUT2D eigenvalue weighted by atomic mass is 10.0. The quantitative estimate of drug-likeness (QED) is 0.874. The van der Waals surface area contributed by atoms with E-state index in [1.54, 1.807) is 9.80 Å². The molecule has 2 fully saturated rings. The van der Waals surface area contributed by atoms with Crippen LogP contribution in [-0.4, -0.2) is 28.9 Å². The van der Waals surface area contributed by atoms with Crippen molar-refractivity contribution in [3.63, 3.8) is 0 Å². The van der Waals surface area contributed by atoms with Gasteiger partial charge in [-0.15, -0.1) is 0 Å². The molecule has 116 valence electrons. The topological polar surface area (TPSA) is 40.6 Å². The van der Waals surface area contributed by atoms with Crippen LogP contribution in [0.2, 0.25) is 0 Å². The summed E-state index contributed by atoms with van der Waals surface area (Å²) in [7, 11) is 0. The molecule has 2 saturated heterocycles. The number of amides is 2. The average molecular weight is 306 g/mol. The van der Waals surface area contributed by atoms with E-state index in [2.05, 4.69) is 0 Å². The van der Waals surface area contributed by atoms with Crippen LogP contribution < -0.4 is 4.90 Å². The van der Waals surface area contributed by atoms with Gasteiger partial charge in [-0.1, -0.05) is 48.5 Å². The van der Waals surface area contributed by atoms with Gasteiger partial charge in [-0.3, -0.25) is 14.5 Å². The van der Waals surface area contributed by atoms with Crippen LogP contribution in [0.25, 0.3) is 0 Å². The summed E-state index contributed by atoms with van der Waals surface area (Å²) in [6.07, 6.45) is 1.67. The number of rotatable bonds is 3. The van der Waals surface area contributed by atoms with Crippen LogP contribution >= 0.6 is 0 Å². The van der Waals surface area contributed by atoms with E-state index in [4.69, 9.17) is 0 Å². The summed E-state index contributed by atoms with van der Waals surface area (Å²) >= 11 is 0. The van der Waals surface area contributed by atoms with Crippen molar-refractivity contribution in [1.82, 2.24) is 4.90 Å². The molecule has 0 aromatic heterocycles. The van der Waals surface area contributed by atoms with E-state index in [1.165, 1.54) is 0 Å². The third kappa shape index (κ3) is 2.31. The first-order valence-corrected chi connectivity index (χ1v) is 7.99. The fourth-order valence-corrected chi connectivity index (χ4v) is 3.66. The Hall–Kier alpha value is -2.62. The molecule has 0 radical (unpaired) electrons. The van der Waals surface area contributed by atoms with Crippen LogP contribution in [0.3, 0.4) is 0 Å². The Morgan fingerprint density at radius 2 is 1.57 bits per heavy atom. The third-order valence-corrected chi connectivity index (χ3v) is 4.69. The summed E-state index contributed by atoms with van der Waals surface area (Å²) in [5.74, 6) is 0.112. The molecule has 4 heteroatoms. The largest absolute Gasteiger partial charge is 0.309 e. The smallest absolute Gasteiger partial charge is 0.251 e. The zero-order valence-electron chi connectivity index (χ0n) is 12.8. The molecular weight excluding hydrogens is 288 g/mol. The molecule has 2 aliphatic heterocycles. The number of anilines is 1. The van der Waals surface area contributed by atoms with Crippen LogP contribution in [0.1, 0.15) is 18.4 Å². The molecule has 2 atom stereocenters. The Morgan fingerprint density at radius 1 is 0.913 bits per heavy atom. The lowest BCUT2D eigenvalue weighted by Crippen LogP contribution is -2.39. The second kappa shape index (κ2) is 5.54. The Labute approximate surface area is 135 Å². The number of carbonyl (C=O) groups is 2. The zero-order chi connectivity index (χ0) is 15.8. The van der Waals surface area contributed by atoms with Gasteiger partial charge in [-0.2, -0.15) is 0 Å². The van der Waals surface area contributed by atoms with Crippen molar-refractivity contribution < 1.29 is 9.59 Å². The maximum atomic E-state index is 13.0. The minimum atomic E-state index is -0.391. The van der Waals surface area contributed by atoms with Gasteiger partial charge in [0, 0.05) is 18.5 Å². The number of nitrogens with zero attached hydrogens (tertiary/aromatic N) is 2. The van der Waals surface area contributed by atoms with Crippen LogP contribution in [-0.2, 0) is 16.0 Å². The van der Waals surface area contributed by atoms with Gasteiger partial charge in [0.2, 0.25) is 5.91 Å². The number of benzene rings is 2. The molecule has 0 aliphatic carbocycles. The summed E-state index contributed by atoms with van der Waals surface area (Å²) in [6, 6.07) is 19.2. The van der Waals surface area contributed by atoms with Gasteiger partial charge in [-0.05, 0) is 24.1 Å². The summed E-state index contributed by atoms with van der Waals surface area (Å²) in [5, 5.41) is 0. The summed E-state index contributed by atoms with van der Waals surface area (Å²) < 4.78 is 0. The van der Waals surface area contributed by atoms with Crippen molar-refractivity contribution in [1.29, 1.82) is 0 Å².